The Morgan fingerprint density at radius 3 is 2.21 bits per heavy atom. The van der Waals surface area contributed by atoms with Gasteiger partial charge in [-0.15, -0.1) is 11.3 Å². The van der Waals surface area contributed by atoms with E-state index in [0.29, 0.717) is 21.8 Å². The van der Waals surface area contributed by atoms with Crippen LogP contribution in [-0.4, -0.2) is 30.6 Å². The van der Waals surface area contributed by atoms with Crippen molar-refractivity contribution in [2.45, 2.75) is 51.6 Å². The molecule has 0 N–H and O–H groups in total. The molecule has 0 spiro atoms. The van der Waals surface area contributed by atoms with Gasteiger partial charge in [-0.1, -0.05) is 23.7 Å². The van der Waals surface area contributed by atoms with Gasteiger partial charge in [-0.2, -0.15) is 4.31 Å². The van der Waals surface area contributed by atoms with Gasteiger partial charge < -0.3 is 0 Å². The Hall–Kier alpha value is -2.52. The number of benzene rings is 2. The Labute approximate surface area is 208 Å². The van der Waals surface area contributed by atoms with Gasteiger partial charge in [0, 0.05) is 16.4 Å². The summed E-state index contributed by atoms with van der Waals surface area (Å²) in [4.78, 5) is 28.5. The molecule has 9 heteroatoms. The lowest BCUT2D eigenvalue weighted by atomic mass is 10.0. The predicted octanol–water partition coefficient (Wildman–Crippen LogP) is 5.16. The van der Waals surface area contributed by atoms with E-state index in [1.54, 1.807) is 38.1 Å². The van der Waals surface area contributed by atoms with Gasteiger partial charge in [0.05, 0.1) is 17.0 Å². The number of sulfonamides is 1. The van der Waals surface area contributed by atoms with E-state index in [2.05, 4.69) is 0 Å². The monoisotopic (exact) mass is 516 g/mol. The second-order valence-corrected chi connectivity index (χ2v) is 11.8. The Kier molecular flexibility index (Phi) is 6.70. The lowest BCUT2D eigenvalue weighted by Crippen LogP contribution is -2.45. The molecule has 0 radical (unpaired) electrons. The van der Waals surface area contributed by atoms with Crippen LogP contribution >= 0.6 is 22.9 Å². The van der Waals surface area contributed by atoms with Crippen LogP contribution in [-0.2, 0) is 26.2 Å². The Morgan fingerprint density at radius 1 is 1.03 bits per heavy atom. The summed E-state index contributed by atoms with van der Waals surface area (Å²) in [6.07, 6.45) is -0.227. The highest BCUT2D eigenvalue weighted by atomic mass is 35.5. The molecule has 1 aliphatic rings. The molecule has 1 atom stereocenters. The van der Waals surface area contributed by atoms with Gasteiger partial charge in [0.1, 0.15) is 6.04 Å². The van der Waals surface area contributed by atoms with Crippen LogP contribution in [0.15, 0.2) is 52.7 Å². The van der Waals surface area contributed by atoms with Crippen molar-refractivity contribution in [1.82, 2.24) is 4.31 Å². The van der Waals surface area contributed by atoms with Gasteiger partial charge in [0.2, 0.25) is 15.9 Å². The minimum Gasteiger partial charge on any atom is -0.274 e. The summed E-state index contributed by atoms with van der Waals surface area (Å²) in [5, 5.41) is 2.33. The highest BCUT2D eigenvalue weighted by molar-refractivity contribution is 7.89. The number of thiophene rings is 1. The van der Waals surface area contributed by atoms with Crippen molar-refractivity contribution in [3.05, 3.63) is 80.0 Å². The van der Waals surface area contributed by atoms with Crippen LogP contribution in [0.3, 0.4) is 0 Å². The molecule has 178 valence electrons. The minimum atomic E-state index is -4.12. The highest BCUT2D eigenvalue weighted by Crippen LogP contribution is 2.35. The molecule has 2 aromatic carbocycles. The lowest BCUT2D eigenvalue weighted by molar-refractivity contribution is -0.122. The normalized spacial score (nSPS) is 16.6. The molecule has 0 saturated carbocycles. The van der Waals surface area contributed by atoms with Gasteiger partial charge in [-0.05, 0) is 85.7 Å². The zero-order valence-corrected chi connectivity index (χ0v) is 21.7. The van der Waals surface area contributed by atoms with Crippen LogP contribution in [0, 0.1) is 27.7 Å². The number of hydrogen-bond donors (Lipinski definition) is 0. The lowest BCUT2D eigenvalue weighted by Gasteiger charge is -2.28. The van der Waals surface area contributed by atoms with E-state index in [-0.39, 0.29) is 17.9 Å². The molecule has 1 unspecified atom stereocenters. The summed E-state index contributed by atoms with van der Waals surface area (Å²) in [7, 11) is -4.12. The fourth-order valence-corrected chi connectivity index (χ4v) is 7.36. The van der Waals surface area contributed by atoms with Crippen molar-refractivity contribution in [2.24, 2.45) is 0 Å². The second-order valence-electron chi connectivity index (χ2n) is 8.48. The zero-order valence-electron chi connectivity index (χ0n) is 19.3. The number of nitrogens with zero attached hydrogens (tertiary/aromatic N) is 2. The summed E-state index contributed by atoms with van der Waals surface area (Å²) in [6, 6.07) is 10.8. The standard InChI is InChI=1S/C25H25ClN2O4S2/c1-15-12-16(2)18(4)24(17(15)3)34(31,32)27(14-21-6-5-11-33-21)22-13-23(29)28(25(22)30)20-9-7-19(26)8-10-20/h5-12,22H,13-14H2,1-4H3. The van der Waals surface area contributed by atoms with E-state index in [9.17, 15) is 18.0 Å². The van der Waals surface area contributed by atoms with E-state index >= 15 is 0 Å². The molecule has 4 rings (SSSR count). The summed E-state index contributed by atoms with van der Waals surface area (Å²) < 4.78 is 29.5. The van der Waals surface area contributed by atoms with Crippen LogP contribution in [0.2, 0.25) is 5.02 Å². The van der Waals surface area contributed by atoms with E-state index in [1.807, 2.05) is 37.4 Å². The topological polar surface area (TPSA) is 74.8 Å². The maximum Gasteiger partial charge on any atom is 0.252 e. The third-order valence-corrected chi connectivity index (χ3v) is 9.55. The summed E-state index contributed by atoms with van der Waals surface area (Å²) in [5.74, 6) is -1.01. The minimum absolute atomic E-state index is 0.00398. The Morgan fingerprint density at radius 2 is 1.65 bits per heavy atom. The van der Waals surface area contributed by atoms with Crippen LogP contribution < -0.4 is 4.90 Å². The number of anilines is 1. The van der Waals surface area contributed by atoms with Gasteiger partial charge in [0.15, 0.2) is 0 Å². The molecule has 2 amide bonds. The SMILES string of the molecule is Cc1cc(C)c(C)c(S(=O)(=O)N(Cc2cccs2)C2CC(=O)N(c3ccc(Cl)cc3)C2=O)c1C. The summed E-state index contributed by atoms with van der Waals surface area (Å²) >= 11 is 7.36. The number of halogens is 1. The number of aryl methyl sites for hydroxylation is 2. The Balaban J connectivity index is 1.83. The van der Waals surface area contributed by atoms with Gasteiger partial charge in [-0.3, -0.25) is 9.59 Å². The maximum absolute atomic E-state index is 14.2. The largest absolute Gasteiger partial charge is 0.274 e. The smallest absolute Gasteiger partial charge is 0.252 e. The predicted molar refractivity (Wildman–Crippen MR) is 135 cm³/mol. The van der Waals surface area contributed by atoms with Gasteiger partial charge in [0.25, 0.3) is 5.91 Å². The fourth-order valence-electron chi connectivity index (χ4n) is 4.31. The molecule has 1 fully saturated rings. The van der Waals surface area contributed by atoms with Crippen molar-refractivity contribution < 1.29 is 18.0 Å². The molecule has 6 nitrogen and oxygen atoms in total. The van der Waals surface area contributed by atoms with Crippen molar-refractivity contribution >= 4 is 50.5 Å². The number of carbonyl (C=O) groups is 2. The quantitative estimate of drug-likeness (QED) is 0.424. The molecule has 2 heterocycles. The first-order chi connectivity index (χ1) is 16.0. The van der Waals surface area contributed by atoms with Gasteiger partial charge >= 0.3 is 0 Å². The summed E-state index contributed by atoms with van der Waals surface area (Å²) in [6.45, 7) is 7.30. The van der Waals surface area contributed by atoms with E-state index in [4.69, 9.17) is 11.6 Å². The number of hydrogen-bond acceptors (Lipinski definition) is 5. The van der Waals surface area contributed by atoms with Gasteiger partial charge in [-0.25, -0.2) is 13.3 Å². The first kappa shape index (κ1) is 24.6. The molecule has 0 bridgehead atoms. The van der Waals surface area contributed by atoms with E-state index < -0.39 is 27.9 Å². The van der Waals surface area contributed by atoms with Crippen molar-refractivity contribution in [3.63, 3.8) is 0 Å². The number of amides is 2. The van der Waals surface area contributed by atoms with Crippen molar-refractivity contribution in [1.29, 1.82) is 0 Å². The zero-order chi connectivity index (χ0) is 24.8. The van der Waals surface area contributed by atoms with Crippen LogP contribution in [0.4, 0.5) is 5.69 Å². The first-order valence-electron chi connectivity index (χ1n) is 10.8. The van der Waals surface area contributed by atoms with Crippen LogP contribution in [0.1, 0.15) is 33.6 Å². The fraction of sp³-hybridized carbons (Fsp3) is 0.280. The molecule has 3 aromatic rings. The number of rotatable bonds is 6. The molecule has 1 saturated heterocycles. The molecular weight excluding hydrogens is 492 g/mol. The molecule has 1 aliphatic heterocycles. The number of carbonyl (C=O) groups excluding carboxylic acids is 2. The third-order valence-electron chi connectivity index (χ3n) is 6.31. The second kappa shape index (κ2) is 9.26. The van der Waals surface area contributed by atoms with E-state index in [1.165, 1.54) is 15.6 Å². The van der Waals surface area contributed by atoms with Crippen molar-refractivity contribution in [3.8, 4) is 0 Å². The average molecular weight is 517 g/mol. The summed E-state index contributed by atoms with van der Waals surface area (Å²) in [5.41, 5.74) is 3.37. The third kappa shape index (κ3) is 4.31. The average Bonchev–Trinajstić information content (AvgIpc) is 3.39. The number of imide groups is 1. The molecular formula is C25H25ClN2O4S2. The first-order valence-corrected chi connectivity index (χ1v) is 13.5. The Bertz CT molecular complexity index is 1340. The van der Waals surface area contributed by atoms with E-state index in [0.717, 1.165) is 20.9 Å². The molecule has 34 heavy (non-hydrogen) atoms. The van der Waals surface area contributed by atoms with Crippen molar-refractivity contribution in [2.75, 3.05) is 4.90 Å². The molecule has 1 aromatic heterocycles. The maximum atomic E-state index is 14.2. The molecule has 0 aliphatic carbocycles. The van der Waals surface area contributed by atoms with Crippen LogP contribution in [0.5, 0.6) is 0 Å². The van der Waals surface area contributed by atoms with Crippen LogP contribution in [0.25, 0.3) is 0 Å². The highest BCUT2D eigenvalue weighted by Gasteiger charge is 2.47.